The Labute approximate surface area is 167 Å². The minimum absolute atomic E-state index is 0.357. The van der Waals surface area contributed by atoms with Gasteiger partial charge in [-0.2, -0.15) is 0 Å². The van der Waals surface area contributed by atoms with Crippen molar-refractivity contribution in [3.63, 3.8) is 0 Å². The first kappa shape index (κ1) is 22.1. The number of hydrogen-bond acceptors (Lipinski definition) is 5. The Kier molecular flexibility index (Phi) is 8.53. The van der Waals surface area contributed by atoms with E-state index in [2.05, 4.69) is 24.2 Å². The van der Waals surface area contributed by atoms with Gasteiger partial charge in [0.25, 0.3) is 10.0 Å². The van der Waals surface area contributed by atoms with Gasteiger partial charge in [-0.3, -0.25) is 0 Å². The van der Waals surface area contributed by atoms with Gasteiger partial charge in [-0.15, -0.1) is 11.3 Å². The number of ether oxygens (including phenoxy) is 1. The molecule has 27 heavy (non-hydrogen) atoms. The number of hydrogen-bond donors (Lipinski definition) is 1. The number of guanidine groups is 1. The zero-order valence-electron chi connectivity index (χ0n) is 16.8. The third-order valence-electron chi connectivity index (χ3n) is 4.67. The second kappa shape index (κ2) is 10.4. The first-order valence-corrected chi connectivity index (χ1v) is 11.7. The van der Waals surface area contributed by atoms with Crippen LogP contribution in [-0.2, 0) is 21.3 Å². The monoisotopic (exact) mass is 416 g/mol. The molecule has 0 unspecified atom stereocenters. The molecule has 0 radical (unpaired) electrons. The van der Waals surface area contributed by atoms with Gasteiger partial charge in [-0.05, 0) is 44.2 Å². The molecule has 0 aliphatic carbocycles. The summed E-state index contributed by atoms with van der Waals surface area (Å²) in [6.07, 6.45) is 3.41. The summed E-state index contributed by atoms with van der Waals surface area (Å²) < 4.78 is 31.4. The van der Waals surface area contributed by atoms with Crippen LogP contribution in [0.2, 0.25) is 0 Å². The lowest BCUT2D eigenvalue weighted by atomic mass is 9.96. The van der Waals surface area contributed by atoms with E-state index in [0.717, 1.165) is 62.3 Å². The SMILES string of the molecule is CCNC(=NCc1ccc(S(=O)(=O)N(C)C)s1)N(C)CCC1CCOCC1. The predicted octanol–water partition coefficient (Wildman–Crippen LogP) is 2.21. The fourth-order valence-corrected chi connectivity index (χ4v) is 5.35. The van der Waals surface area contributed by atoms with Crippen molar-refractivity contribution in [1.82, 2.24) is 14.5 Å². The Balaban J connectivity index is 1.97. The minimum Gasteiger partial charge on any atom is -0.381 e. The summed E-state index contributed by atoms with van der Waals surface area (Å²) in [6, 6.07) is 3.50. The fourth-order valence-electron chi connectivity index (χ4n) is 2.90. The molecule has 0 atom stereocenters. The van der Waals surface area contributed by atoms with Gasteiger partial charge in [0.2, 0.25) is 0 Å². The van der Waals surface area contributed by atoms with Crippen molar-refractivity contribution < 1.29 is 13.2 Å². The highest BCUT2D eigenvalue weighted by molar-refractivity contribution is 7.91. The zero-order valence-corrected chi connectivity index (χ0v) is 18.4. The average Bonchev–Trinajstić information content (AvgIpc) is 3.13. The zero-order chi connectivity index (χ0) is 19.9. The van der Waals surface area contributed by atoms with Crippen LogP contribution >= 0.6 is 11.3 Å². The molecule has 1 fully saturated rings. The van der Waals surface area contributed by atoms with Crippen molar-refractivity contribution in [2.75, 3.05) is 47.4 Å². The van der Waals surface area contributed by atoms with E-state index in [0.29, 0.717) is 10.8 Å². The standard InChI is InChI=1S/C18H32N4O3S2/c1-5-19-18(22(4)11-8-15-9-12-25-13-10-15)20-14-16-6-7-17(26-16)27(23,24)21(2)3/h6-7,15H,5,8-14H2,1-4H3,(H,19,20). The smallest absolute Gasteiger partial charge is 0.252 e. The Hall–Kier alpha value is -1.16. The van der Waals surface area contributed by atoms with Crippen molar-refractivity contribution >= 4 is 27.3 Å². The summed E-state index contributed by atoms with van der Waals surface area (Å²) in [5.41, 5.74) is 0. The van der Waals surface area contributed by atoms with Crippen LogP contribution in [0, 0.1) is 5.92 Å². The minimum atomic E-state index is -3.38. The second-order valence-electron chi connectivity index (χ2n) is 6.94. The summed E-state index contributed by atoms with van der Waals surface area (Å²) in [4.78, 5) is 7.79. The predicted molar refractivity (Wildman–Crippen MR) is 111 cm³/mol. The summed E-state index contributed by atoms with van der Waals surface area (Å²) >= 11 is 1.28. The van der Waals surface area contributed by atoms with Gasteiger partial charge in [0.1, 0.15) is 4.21 Å². The second-order valence-corrected chi connectivity index (χ2v) is 10.5. The molecule has 1 aliphatic rings. The Morgan fingerprint density at radius 3 is 2.63 bits per heavy atom. The molecule has 0 saturated carbocycles. The number of sulfonamides is 1. The maximum absolute atomic E-state index is 12.2. The first-order valence-electron chi connectivity index (χ1n) is 9.43. The maximum Gasteiger partial charge on any atom is 0.252 e. The number of aliphatic imine (C=N–C) groups is 1. The third kappa shape index (κ3) is 6.44. The molecule has 9 heteroatoms. The van der Waals surface area contributed by atoms with Crippen LogP contribution in [0.5, 0.6) is 0 Å². The van der Waals surface area contributed by atoms with Crippen molar-refractivity contribution in [3.8, 4) is 0 Å². The van der Waals surface area contributed by atoms with E-state index in [-0.39, 0.29) is 0 Å². The maximum atomic E-state index is 12.2. The lowest BCUT2D eigenvalue weighted by Crippen LogP contribution is -2.40. The van der Waals surface area contributed by atoms with Crippen LogP contribution in [0.15, 0.2) is 21.3 Å². The third-order valence-corrected chi connectivity index (χ3v) is 8.02. The Bertz CT molecular complexity index is 710. The van der Waals surface area contributed by atoms with Crippen molar-refractivity contribution in [2.24, 2.45) is 10.9 Å². The van der Waals surface area contributed by atoms with Crippen LogP contribution < -0.4 is 5.32 Å². The van der Waals surface area contributed by atoms with Crippen LogP contribution in [-0.4, -0.2) is 71.0 Å². The highest BCUT2D eigenvalue weighted by Crippen LogP contribution is 2.24. The van der Waals surface area contributed by atoms with Gasteiger partial charge in [0.05, 0.1) is 6.54 Å². The molecule has 2 rings (SSSR count). The molecular weight excluding hydrogens is 384 g/mol. The topological polar surface area (TPSA) is 74.2 Å². The van der Waals surface area contributed by atoms with Gasteiger partial charge in [-0.1, -0.05) is 0 Å². The van der Waals surface area contributed by atoms with E-state index in [4.69, 9.17) is 9.73 Å². The molecule has 0 bridgehead atoms. The lowest BCUT2D eigenvalue weighted by molar-refractivity contribution is 0.0625. The summed E-state index contributed by atoms with van der Waals surface area (Å²) in [6.45, 7) is 6.01. The highest BCUT2D eigenvalue weighted by Gasteiger charge is 2.19. The molecule has 0 aromatic carbocycles. The summed E-state index contributed by atoms with van der Waals surface area (Å²) in [5, 5.41) is 3.33. The van der Waals surface area contributed by atoms with E-state index >= 15 is 0 Å². The van der Waals surface area contributed by atoms with Gasteiger partial charge in [0.15, 0.2) is 5.96 Å². The molecular formula is C18H32N4O3S2. The highest BCUT2D eigenvalue weighted by atomic mass is 32.2. The van der Waals surface area contributed by atoms with Gasteiger partial charge in [-0.25, -0.2) is 17.7 Å². The first-order chi connectivity index (χ1) is 12.8. The quantitative estimate of drug-likeness (QED) is 0.520. The van der Waals surface area contributed by atoms with Crippen LogP contribution in [0.25, 0.3) is 0 Å². The van der Waals surface area contributed by atoms with Crippen molar-refractivity contribution in [1.29, 1.82) is 0 Å². The van der Waals surface area contributed by atoms with Crippen LogP contribution in [0.3, 0.4) is 0 Å². The molecule has 7 nitrogen and oxygen atoms in total. The number of thiophene rings is 1. The van der Waals surface area contributed by atoms with Gasteiger partial charge >= 0.3 is 0 Å². The van der Waals surface area contributed by atoms with E-state index in [9.17, 15) is 8.42 Å². The van der Waals surface area contributed by atoms with Gasteiger partial charge in [0, 0.05) is 52.3 Å². The van der Waals surface area contributed by atoms with E-state index < -0.39 is 10.0 Å². The Morgan fingerprint density at radius 1 is 1.30 bits per heavy atom. The Morgan fingerprint density at radius 2 is 2.00 bits per heavy atom. The normalized spacial score (nSPS) is 16.7. The van der Waals surface area contributed by atoms with Crippen molar-refractivity contribution in [2.45, 2.75) is 36.9 Å². The molecule has 1 aromatic heterocycles. The molecule has 2 heterocycles. The lowest BCUT2D eigenvalue weighted by Gasteiger charge is -2.26. The molecule has 1 aliphatic heterocycles. The summed E-state index contributed by atoms with van der Waals surface area (Å²) in [7, 11) is 1.77. The number of rotatable bonds is 8. The van der Waals surface area contributed by atoms with E-state index in [1.165, 1.54) is 15.6 Å². The van der Waals surface area contributed by atoms with Crippen LogP contribution in [0.1, 0.15) is 31.1 Å². The number of nitrogens with one attached hydrogen (secondary N) is 1. The summed E-state index contributed by atoms with van der Waals surface area (Å²) in [5.74, 6) is 1.58. The van der Waals surface area contributed by atoms with Crippen molar-refractivity contribution in [3.05, 3.63) is 17.0 Å². The van der Waals surface area contributed by atoms with E-state index in [1.54, 1.807) is 20.2 Å². The largest absolute Gasteiger partial charge is 0.381 e. The van der Waals surface area contributed by atoms with E-state index in [1.807, 2.05) is 6.07 Å². The molecule has 1 N–H and O–H groups in total. The van der Waals surface area contributed by atoms with Crippen LogP contribution in [0.4, 0.5) is 0 Å². The molecule has 154 valence electrons. The molecule has 1 saturated heterocycles. The molecule has 0 spiro atoms. The fraction of sp³-hybridized carbons (Fsp3) is 0.722. The molecule has 0 amide bonds. The van der Waals surface area contributed by atoms with Gasteiger partial charge < -0.3 is 15.0 Å². The molecule has 1 aromatic rings. The average molecular weight is 417 g/mol. The number of nitrogens with zero attached hydrogens (tertiary/aromatic N) is 3.